The Hall–Kier alpha value is -1.11. The number of benzene rings is 1. The summed E-state index contributed by atoms with van der Waals surface area (Å²) in [6.07, 6.45) is 1.16. The standard InChI is InChI=1S/C19H30O/c1-14(2)17(13-20)19(6,7)18(4,5)15(3)16-11-9-8-10-12-16/h8-15,17H,1-7H3. The van der Waals surface area contributed by atoms with E-state index in [9.17, 15) is 4.79 Å². The molecule has 0 saturated heterocycles. The van der Waals surface area contributed by atoms with E-state index in [1.807, 2.05) is 0 Å². The van der Waals surface area contributed by atoms with Crippen molar-refractivity contribution in [2.24, 2.45) is 22.7 Å². The Morgan fingerprint density at radius 1 is 0.900 bits per heavy atom. The summed E-state index contributed by atoms with van der Waals surface area (Å²) in [6.45, 7) is 15.6. The summed E-state index contributed by atoms with van der Waals surface area (Å²) in [5, 5.41) is 0. The zero-order valence-corrected chi connectivity index (χ0v) is 14.1. The molecule has 1 rings (SSSR count). The maximum Gasteiger partial charge on any atom is 0.123 e. The molecule has 1 nitrogen and oxygen atoms in total. The van der Waals surface area contributed by atoms with Crippen LogP contribution in [0.3, 0.4) is 0 Å². The number of aldehydes is 1. The first-order valence-corrected chi connectivity index (χ1v) is 7.66. The Morgan fingerprint density at radius 3 is 1.80 bits per heavy atom. The fourth-order valence-electron chi connectivity index (χ4n) is 3.31. The van der Waals surface area contributed by atoms with Crippen LogP contribution in [0, 0.1) is 22.7 Å². The molecule has 20 heavy (non-hydrogen) atoms. The molecule has 0 radical (unpaired) electrons. The van der Waals surface area contributed by atoms with Crippen molar-refractivity contribution in [1.82, 2.24) is 0 Å². The number of rotatable bonds is 6. The van der Waals surface area contributed by atoms with Crippen LogP contribution in [0.15, 0.2) is 30.3 Å². The van der Waals surface area contributed by atoms with Gasteiger partial charge in [0.05, 0.1) is 0 Å². The summed E-state index contributed by atoms with van der Waals surface area (Å²) in [7, 11) is 0. The molecule has 1 heteroatoms. The van der Waals surface area contributed by atoms with Crippen molar-refractivity contribution >= 4 is 6.29 Å². The largest absolute Gasteiger partial charge is 0.303 e. The summed E-state index contributed by atoms with van der Waals surface area (Å²) in [4.78, 5) is 11.6. The van der Waals surface area contributed by atoms with Gasteiger partial charge >= 0.3 is 0 Å². The minimum Gasteiger partial charge on any atom is -0.303 e. The normalized spacial score (nSPS) is 16.0. The average molecular weight is 274 g/mol. The van der Waals surface area contributed by atoms with Crippen LogP contribution in [-0.4, -0.2) is 6.29 Å². The Kier molecular flexibility index (Phi) is 5.18. The summed E-state index contributed by atoms with van der Waals surface area (Å²) in [6, 6.07) is 10.6. The highest BCUT2D eigenvalue weighted by molar-refractivity contribution is 5.56. The lowest BCUT2D eigenvalue weighted by Crippen LogP contribution is -2.45. The molecule has 112 valence electrons. The topological polar surface area (TPSA) is 17.1 Å². The molecule has 0 fully saturated rings. The van der Waals surface area contributed by atoms with Crippen LogP contribution in [0.2, 0.25) is 0 Å². The van der Waals surface area contributed by atoms with Crippen molar-refractivity contribution in [3.63, 3.8) is 0 Å². The Morgan fingerprint density at radius 2 is 1.40 bits per heavy atom. The molecule has 1 aromatic carbocycles. The smallest absolute Gasteiger partial charge is 0.123 e. The Bertz CT molecular complexity index is 428. The van der Waals surface area contributed by atoms with Gasteiger partial charge in [0.1, 0.15) is 6.29 Å². The molecule has 0 saturated carbocycles. The predicted octanol–water partition coefficient (Wildman–Crippen LogP) is 5.31. The lowest BCUT2D eigenvalue weighted by molar-refractivity contribution is -0.120. The van der Waals surface area contributed by atoms with Crippen LogP contribution in [0.1, 0.15) is 59.9 Å². The summed E-state index contributed by atoms with van der Waals surface area (Å²) in [5.41, 5.74) is 1.32. The minimum absolute atomic E-state index is 0.0319. The lowest BCUT2D eigenvalue weighted by atomic mass is 9.54. The van der Waals surface area contributed by atoms with Crippen molar-refractivity contribution in [2.75, 3.05) is 0 Å². The molecule has 0 aliphatic heterocycles. The highest BCUT2D eigenvalue weighted by Gasteiger charge is 2.47. The van der Waals surface area contributed by atoms with Gasteiger partial charge in [-0.2, -0.15) is 0 Å². The fourth-order valence-corrected chi connectivity index (χ4v) is 3.31. The van der Waals surface area contributed by atoms with Crippen LogP contribution in [0.5, 0.6) is 0 Å². The lowest BCUT2D eigenvalue weighted by Gasteiger charge is -2.50. The van der Waals surface area contributed by atoms with Gasteiger partial charge < -0.3 is 4.79 Å². The summed E-state index contributed by atoms with van der Waals surface area (Å²) >= 11 is 0. The quantitative estimate of drug-likeness (QED) is 0.642. The molecular formula is C19H30O. The average Bonchev–Trinajstić information content (AvgIpc) is 2.38. The van der Waals surface area contributed by atoms with Crippen molar-refractivity contribution in [1.29, 1.82) is 0 Å². The van der Waals surface area contributed by atoms with E-state index in [1.165, 1.54) is 5.56 Å². The van der Waals surface area contributed by atoms with Crippen molar-refractivity contribution < 1.29 is 4.79 Å². The fraction of sp³-hybridized carbons (Fsp3) is 0.632. The third-order valence-electron chi connectivity index (χ3n) is 5.74. The molecule has 0 aliphatic rings. The Labute approximate surface area is 124 Å². The molecule has 2 unspecified atom stereocenters. The molecule has 0 aromatic heterocycles. The number of hydrogen-bond acceptors (Lipinski definition) is 1. The van der Waals surface area contributed by atoms with Crippen molar-refractivity contribution in [2.45, 2.75) is 54.4 Å². The number of carbonyl (C=O) groups excluding carboxylic acids is 1. The number of hydrogen-bond donors (Lipinski definition) is 0. The van der Waals surface area contributed by atoms with Crippen molar-refractivity contribution in [3.05, 3.63) is 35.9 Å². The van der Waals surface area contributed by atoms with Gasteiger partial charge in [-0.15, -0.1) is 0 Å². The van der Waals surface area contributed by atoms with Gasteiger partial charge in [-0.25, -0.2) is 0 Å². The second-order valence-electron chi connectivity index (χ2n) is 7.48. The van der Waals surface area contributed by atoms with E-state index in [-0.39, 0.29) is 16.7 Å². The molecule has 2 atom stereocenters. The van der Waals surface area contributed by atoms with Gasteiger partial charge in [0, 0.05) is 5.92 Å². The van der Waals surface area contributed by atoms with E-state index in [2.05, 4.69) is 78.8 Å². The highest BCUT2D eigenvalue weighted by Crippen LogP contribution is 2.53. The van der Waals surface area contributed by atoms with E-state index in [0.29, 0.717) is 11.8 Å². The number of carbonyl (C=O) groups is 1. The highest BCUT2D eigenvalue weighted by atomic mass is 16.1. The monoisotopic (exact) mass is 274 g/mol. The molecule has 0 heterocycles. The van der Waals surface area contributed by atoms with E-state index >= 15 is 0 Å². The molecule has 0 bridgehead atoms. The van der Waals surface area contributed by atoms with E-state index < -0.39 is 0 Å². The second kappa shape index (κ2) is 6.11. The third-order valence-corrected chi connectivity index (χ3v) is 5.74. The van der Waals surface area contributed by atoms with E-state index in [1.54, 1.807) is 0 Å². The second-order valence-corrected chi connectivity index (χ2v) is 7.48. The van der Waals surface area contributed by atoms with Gasteiger partial charge in [-0.3, -0.25) is 0 Å². The molecule has 0 amide bonds. The Balaban J connectivity index is 3.16. The third kappa shape index (κ3) is 2.97. The first-order chi connectivity index (χ1) is 9.16. The van der Waals surface area contributed by atoms with Crippen LogP contribution >= 0.6 is 0 Å². The zero-order valence-electron chi connectivity index (χ0n) is 14.1. The summed E-state index contributed by atoms with van der Waals surface area (Å²) in [5.74, 6) is 0.841. The van der Waals surface area contributed by atoms with Crippen LogP contribution < -0.4 is 0 Å². The SMILES string of the molecule is CC(C)C(C=O)C(C)(C)C(C)(C)C(C)c1ccccc1. The van der Waals surface area contributed by atoms with Gasteiger partial charge in [0.25, 0.3) is 0 Å². The first-order valence-electron chi connectivity index (χ1n) is 7.66. The van der Waals surface area contributed by atoms with E-state index in [4.69, 9.17) is 0 Å². The zero-order chi connectivity index (χ0) is 15.6. The van der Waals surface area contributed by atoms with Crippen LogP contribution in [0.25, 0.3) is 0 Å². The summed E-state index contributed by atoms with van der Waals surface area (Å²) < 4.78 is 0. The maximum atomic E-state index is 11.6. The first kappa shape index (κ1) is 16.9. The van der Waals surface area contributed by atoms with Gasteiger partial charge in [-0.05, 0) is 28.2 Å². The van der Waals surface area contributed by atoms with E-state index in [0.717, 1.165) is 6.29 Å². The molecule has 0 N–H and O–H groups in total. The van der Waals surface area contributed by atoms with Gasteiger partial charge in [0.15, 0.2) is 0 Å². The van der Waals surface area contributed by atoms with Gasteiger partial charge in [-0.1, -0.05) is 78.8 Å². The van der Waals surface area contributed by atoms with Crippen molar-refractivity contribution in [3.8, 4) is 0 Å². The molecule has 1 aromatic rings. The molecule has 0 spiro atoms. The molecule has 0 aliphatic carbocycles. The maximum absolute atomic E-state index is 11.6. The van der Waals surface area contributed by atoms with Gasteiger partial charge in [0.2, 0.25) is 0 Å². The minimum atomic E-state index is -0.0574. The predicted molar refractivity (Wildman–Crippen MR) is 86.8 cm³/mol. The van der Waals surface area contributed by atoms with Crippen LogP contribution in [0.4, 0.5) is 0 Å². The van der Waals surface area contributed by atoms with Crippen LogP contribution in [-0.2, 0) is 4.79 Å². The molecular weight excluding hydrogens is 244 g/mol.